The molecule has 7 heteroatoms. The molecular formula is C19H28BClO5. The summed E-state index contributed by atoms with van der Waals surface area (Å²) in [6, 6.07) is 5.15. The summed E-state index contributed by atoms with van der Waals surface area (Å²) in [5.74, 6) is 0.0403. The predicted molar refractivity (Wildman–Crippen MR) is 103 cm³/mol. The first-order valence-electron chi connectivity index (χ1n) is 8.76. The molecule has 1 atom stereocenters. The Labute approximate surface area is 161 Å². The molecule has 0 radical (unpaired) electrons. The maximum Gasteiger partial charge on any atom is 0.498 e. The molecule has 0 unspecified atom stereocenters. The lowest BCUT2D eigenvalue weighted by atomic mass is 9.78. The van der Waals surface area contributed by atoms with E-state index in [4.69, 9.17) is 30.4 Å². The summed E-state index contributed by atoms with van der Waals surface area (Å²) in [5, 5.41) is 0.534. The molecule has 0 spiro atoms. The molecular weight excluding hydrogens is 354 g/mol. The van der Waals surface area contributed by atoms with E-state index < -0.39 is 36.0 Å². The highest BCUT2D eigenvalue weighted by molar-refractivity contribution is 6.63. The summed E-state index contributed by atoms with van der Waals surface area (Å²) in [5.41, 5.74) is -0.919. The summed E-state index contributed by atoms with van der Waals surface area (Å²) in [6.07, 6.45) is -0.781. The number of halogens is 1. The van der Waals surface area contributed by atoms with Gasteiger partial charge in [0.05, 0.1) is 11.2 Å². The van der Waals surface area contributed by atoms with E-state index in [0.717, 1.165) is 0 Å². The minimum Gasteiger partial charge on any atom is -0.479 e. The average molecular weight is 383 g/mol. The van der Waals surface area contributed by atoms with E-state index in [1.54, 1.807) is 25.1 Å². The first-order chi connectivity index (χ1) is 11.7. The third-order valence-electron chi connectivity index (χ3n) is 4.52. The lowest BCUT2D eigenvalue weighted by molar-refractivity contribution is -0.162. The van der Waals surface area contributed by atoms with Crippen LogP contribution < -0.4 is 10.2 Å². The number of benzene rings is 1. The summed E-state index contributed by atoms with van der Waals surface area (Å²) in [7, 11) is -0.639. The average Bonchev–Trinajstić information content (AvgIpc) is 2.67. The number of hydrogen-bond donors (Lipinski definition) is 0. The van der Waals surface area contributed by atoms with E-state index in [1.807, 2.05) is 48.5 Å². The quantitative estimate of drug-likeness (QED) is 0.586. The van der Waals surface area contributed by atoms with Gasteiger partial charge in [0.1, 0.15) is 11.4 Å². The lowest BCUT2D eigenvalue weighted by Gasteiger charge is -2.32. The van der Waals surface area contributed by atoms with Crippen molar-refractivity contribution in [3.8, 4) is 5.75 Å². The minimum absolute atomic E-state index is 0.438. The van der Waals surface area contributed by atoms with Gasteiger partial charge in [0.2, 0.25) is 0 Å². The number of esters is 1. The second-order valence-electron chi connectivity index (χ2n) is 8.56. The van der Waals surface area contributed by atoms with E-state index in [1.165, 1.54) is 0 Å². The Morgan fingerprint density at radius 2 is 1.69 bits per heavy atom. The maximum absolute atomic E-state index is 12.2. The van der Waals surface area contributed by atoms with Crippen LogP contribution >= 0.6 is 11.6 Å². The highest BCUT2D eigenvalue weighted by atomic mass is 35.5. The van der Waals surface area contributed by atoms with Gasteiger partial charge in [-0.25, -0.2) is 4.79 Å². The van der Waals surface area contributed by atoms with Crippen molar-refractivity contribution in [2.45, 2.75) is 78.3 Å². The molecule has 1 aromatic rings. The van der Waals surface area contributed by atoms with Gasteiger partial charge in [-0.3, -0.25) is 0 Å². The van der Waals surface area contributed by atoms with Crippen molar-refractivity contribution in [2.24, 2.45) is 0 Å². The van der Waals surface area contributed by atoms with Gasteiger partial charge >= 0.3 is 13.1 Å². The Hall–Kier alpha value is -1.24. The molecule has 26 heavy (non-hydrogen) atoms. The number of rotatable bonds is 4. The van der Waals surface area contributed by atoms with Crippen LogP contribution in [0.2, 0.25) is 5.02 Å². The largest absolute Gasteiger partial charge is 0.498 e. The Morgan fingerprint density at radius 3 is 2.19 bits per heavy atom. The number of carbonyl (C=O) groups is 1. The fraction of sp³-hybridized carbons (Fsp3) is 0.632. The second-order valence-corrected chi connectivity index (χ2v) is 9.00. The van der Waals surface area contributed by atoms with Crippen molar-refractivity contribution >= 4 is 30.2 Å². The van der Waals surface area contributed by atoms with E-state index in [9.17, 15) is 4.79 Å². The summed E-state index contributed by atoms with van der Waals surface area (Å²) in [6.45, 7) is 15.0. The lowest BCUT2D eigenvalue weighted by Crippen LogP contribution is -2.41. The molecule has 2 rings (SSSR count). The van der Waals surface area contributed by atoms with Crippen molar-refractivity contribution in [2.75, 3.05) is 0 Å². The molecule has 0 saturated carbocycles. The number of ether oxygens (including phenoxy) is 2. The van der Waals surface area contributed by atoms with Crippen LogP contribution in [0.15, 0.2) is 18.2 Å². The molecule has 5 nitrogen and oxygen atoms in total. The van der Waals surface area contributed by atoms with E-state index >= 15 is 0 Å². The number of carbonyl (C=O) groups excluding carboxylic acids is 1. The molecule has 1 aliphatic rings. The highest BCUT2D eigenvalue weighted by Crippen LogP contribution is 2.37. The van der Waals surface area contributed by atoms with Crippen LogP contribution in [0.4, 0.5) is 0 Å². The first kappa shape index (κ1) is 21.1. The highest BCUT2D eigenvalue weighted by Gasteiger charge is 2.52. The monoisotopic (exact) mass is 382 g/mol. The molecule has 1 aromatic carbocycles. The maximum atomic E-state index is 12.2. The Morgan fingerprint density at radius 1 is 1.15 bits per heavy atom. The van der Waals surface area contributed by atoms with Crippen molar-refractivity contribution < 1.29 is 23.6 Å². The van der Waals surface area contributed by atoms with Gasteiger partial charge in [-0.1, -0.05) is 11.6 Å². The molecule has 0 aliphatic carbocycles. The van der Waals surface area contributed by atoms with Gasteiger partial charge in [0.25, 0.3) is 0 Å². The van der Waals surface area contributed by atoms with Crippen LogP contribution in [0.25, 0.3) is 0 Å². The van der Waals surface area contributed by atoms with Crippen molar-refractivity contribution in [1.82, 2.24) is 0 Å². The van der Waals surface area contributed by atoms with Gasteiger partial charge in [0, 0.05) is 10.5 Å². The van der Waals surface area contributed by atoms with E-state index in [2.05, 4.69) is 0 Å². The van der Waals surface area contributed by atoms with Gasteiger partial charge in [-0.2, -0.15) is 0 Å². The minimum atomic E-state index is -0.781. The Balaban J connectivity index is 2.25. The summed E-state index contributed by atoms with van der Waals surface area (Å²) in [4.78, 5) is 12.2. The van der Waals surface area contributed by atoms with Gasteiger partial charge < -0.3 is 18.8 Å². The van der Waals surface area contributed by atoms with Crippen LogP contribution in [0, 0.1) is 0 Å². The Bertz CT molecular complexity index is 665. The van der Waals surface area contributed by atoms with Crippen molar-refractivity contribution in [1.29, 1.82) is 0 Å². The smallest absolute Gasteiger partial charge is 0.479 e. The third-order valence-corrected chi connectivity index (χ3v) is 4.76. The van der Waals surface area contributed by atoms with Crippen LogP contribution in [-0.4, -0.2) is 36.0 Å². The van der Waals surface area contributed by atoms with Gasteiger partial charge in [0.15, 0.2) is 6.10 Å². The van der Waals surface area contributed by atoms with Crippen LogP contribution in [-0.2, 0) is 18.8 Å². The standard InChI is InChI=1S/C19H28BClO5/c1-12(16(22)24-17(2,3)4)23-15-10-9-13(21)11-14(15)20-25-18(5,6)19(7,8)26-20/h9-12H,1-8H3/t12-/m0/s1. The normalized spacial score (nSPS) is 20.0. The zero-order chi connectivity index (χ0) is 19.9. The molecule has 0 aromatic heterocycles. The molecule has 0 amide bonds. The van der Waals surface area contributed by atoms with Crippen LogP contribution in [0.3, 0.4) is 0 Å². The molecule has 1 saturated heterocycles. The van der Waals surface area contributed by atoms with E-state index in [-0.39, 0.29) is 0 Å². The molecule has 1 heterocycles. The zero-order valence-electron chi connectivity index (χ0n) is 16.8. The SMILES string of the molecule is C[C@H](Oc1ccc(Cl)cc1B1OC(C)(C)C(C)(C)O1)C(=O)OC(C)(C)C. The molecule has 1 fully saturated rings. The van der Waals surface area contributed by atoms with Crippen molar-refractivity contribution in [3.63, 3.8) is 0 Å². The Kier molecular flexibility index (Phi) is 5.72. The fourth-order valence-corrected chi connectivity index (χ4v) is 2.58. The number of hydrogen-bond acceptors (Lipinski definition) is 5. The van der Waals surface area contributed by atoms with E-state index in [0.29, 0.717) is 16.2 Å². The summed E-state index contributed by atoms with van der Waals surface area (Å²) < 4.78 is 23.4. The molecule has 144 valence electrons. The van der Waals surface area contributed by atoms with Gasteiger partial charge in [-0.05, 0) is 73.6 Å². The molecule has 0 N–H and O–H groups in total. The van der Waals surface area contributed by atoms with Crippen LogP contribution in [0.1, 0.15) is 55.4 Å². The topological polar surface area (TPSA) is 54.0 Å². The zero-order valence-corrected chi connectivity index (χ0v) is 17.6. The summed E-state index contributed by atoms with van der Waals surface area (Å²) >= 11 is 6.17. The van der Waals surface area contributed by atoms with Crippen LogP contribution in [0.5, 0.6) is 5.75 Å². The van der Waals surface area contributed by atoms with Crippen molar-refractivity contribution in [3.05, 3.63) is 23.2 Å². The first-order valence-corrected chi connectivity index (χ1v) is 9.14. The molecule has 1 aliphatic heterocycles. The predicted octanol–water partition coefficient (Wildman–Crippen LogP) is 3.75. The second kappa shape index (κ2) is 7.06. The molecule has 0 bridgehead atoms. The van der Waals surface area contributed by atoms with Gasteiger partial charge in [-0.15, -0.1) is 0 Å². The third kappa shape index (κ3) is 4.73. The fourth-order valence-electron chi connectivity index (χ4n) is 2.40.